The van der Waals surface area contributed by atoms with Crippen LogP contribution in [0.3, 0.4) is 0 Å². The van der Waals surface area contributed by atoms with E-state index in [-0.39, 0.29) is 17.9 Å². The van der Waals surface area contributed by atoms with E-state index >= 15 is 0 Å². The number of rotatable bonds is 6. The molecule has 0 fully saturated rings. The minimum atomic E-state index is -0.296. The van der Waals surface area contributed by atoms with Gasteiger partial charge in [0, 0.05) is 12.1 Å². The lowest BCUT2D eigenvalue weighted by Crippen LogP contribution is -2.33. The fourth-order valence-electron chi connectivity index (χ4n) is 1.74. The molecule has 0 aliphatic heterocycles. The van der Waals surface area contributed by atoms with Gasteiger partial charge in [-0.15, -0.1) is 0 Å². The molecule has 0 aromatic carbocycles. The summed E-state index contributed by atoms with van der Waals surface area (Å²) in [6.07, 6.45) is 2.22. The normalized spacial score (nSPS) is 15.1. The Balaban J connectivity index is 2.51. The van der Waals surface area contributed by atoms with E-state index in [2.05, 4.69) is 30.7 Å². The molecule has 102 valence electrons. The predicted octanol–water partition coefficient (Wildman–Crippen LogP) is 2.59. The molecule has 0 spiro atoms. The van der Waals surface area contributed by atoms with Crippen LogP contribution in [0.25, 0.3) is 0 Å². The minimum absolute atomic E-state index is 0.171. The summed E-state index contributed by atoms with van der Waals surface area (Å²) in [5, 5.41) is 0. The van der Waals surface area contributed by atoms with Crippen molar-refractivity contribution in [3.05, 3.63) is 29.8 Å². The Morgan fingerprint density at radius 2 is 2.00 bits per heavy atom. The van der Waals surface area contributed by atoms with E-state index < -0.39 is 0 Å². The first kappa shape index (κ1) is 15.1. The van der Waals surface area contributed by atoms with Crippen molar-refractivity contribution in [2.24, 2.45) is 11.7 Å². The molecule has 18 heavy (non-hydrogen) atoms. The maximum atomic E-state index is 12.8. The predicted molar refractivity (Wildman–Crippen MR) is 72.7 cm³/mol. The fourth-order valence-corrected chi connectivity index (χ4v) is 1.74. The molecule has 2 N–H and O–H groups in total. The Morgan fingerprint density at radius 3 is 2.50 bits per heavy atom. The lowest BCUT2D eigenvalue weighted by molar-refractivity contribution is 0.239. The van der Waals surface area contributed by atoms with Crippen molar-refractivity contribution in [1.82, 2.24) is 9.88 Å². The molecule has 0 aliphatic rings. The van der Waals surface area contributed by atoms with Gasteiger partial charge in [0.05, 0.1) is 11.9 Å². The molecule has 0 aliphatic carbocycles. The molecule has 0 radical (unpaired) electrons. The van der Waals surface area contributed by atoms with Crippen LogP contribution in [0.5, 0.6) is 0 Å². The van der Waals surface area contributed by atoms with Crippen molar-refractivity contribution in [2.75, 3.05) is 13.6 Å². The van der Waals surface area contributed by atoms with E-state index in [1.165, 1.54) is 12.3 Å². The molecule has 1 aromatic heterocycles. The average Bonchev–Trinajstić information content (AvgIpc) is 2.35. The van der Waals surface area contributed by atoms with Gasteiger partial charge in [-0.2, -0.15) is 0 Å². The second kappa shape index (κ2) is 6.81. The fraction of sp³-hybridized carbons (Fsp3) is 0.643. The standard InChI is InChI=1S/C14H24FN3/c1-10(2)13(16)7-8-18(4)11(3)14-6-5-12(15)9-17-14/h5-6,9-11,13H,7-8,16H2,1-4H3. The van der Waals surface area contributed by atoms with Crippen LogP contribution < -0.4 is 5.73 Å². The minimum Gasteiger partial charge on any atom is -0.327 e. The Morgan fingerprint density at radius 1 is 1.33 bits per heavy atom. The summed E-state index contributed by atoms with van der Waals surface area (Å²) < 4.78 is 12.8. The van der Waals surface area contributed by atoms with Crippen molar-refractivity contribution in [1.29, 1.82) is 0 Å². The smallest absolute Gasteiger partial charge is 0.141 e. The van der Waals surface area contributed by atoms with E-state index in [1.54, 1.807) is 6.07 Å². The number of aromatic nitrogens is 1. The molecule has 0 amide bonds. The summed E-state index contributed by atoms with van der Waals surface area (Å²) in [5.74, 6) is 0.202. The third kappa shape index (κ3) is 4.35. The van der Waals surface area contributed by atoms with Crippen LogP contribution in [0.15, 0.2) is 18.3 Å². The second-order valence-electron chi connectivity index (χ2n) is 5.25. The Kier molecular flexibility index (Phi) is 5.69. The van der Waals surface area contributed by atoms with Crippen molar-refractivity contribution in [3.63, 3.8) is 0 Å². The highest BCUT2D eigenvalue weighted by Gasteiger charge is 2.15. The SMILES string of the molecule is CC(C)C(N)CCN(C)C(C)c1ccc(F)cn1. The summed E-state index contributed by atoms with van der Waals surface area (Å²) in [6, 6.07) is 3.58. The molecule has 1 aromatic rings. The first-order valence-corrected chi connectivity index (χ1v) is 6.49. The summed E-state index contributed by atoms with van der Waals surface area (Å²) in [6.45, 7) is 7.26. The van der Waals surface area contributed by atoms with Gasteiger partial charge in [-0.05, 0) is 45.0 Å². The molecule has 0 bridgehead atoms. The van der Waals surface area contributed by atoms with Crippen LogP contribution in [0.2, 0.25) is 0 Å². The topological polar surface area (TPSA) is 42.1 Å². The first-order chi connectivity index (χ1) is 8.41. The molecule has 2 atom stereocenters. The van der Waals surface area contributed by atoms with Gasteiger partial charge in [0.1, 0.15) is 5.82 Å². The molecule has 1 heterocycles. The van der Waals surface area contributed by atoms with Crippen LogP contribution in [-0.4, -0.2) is 29.5 Å². The van der Waals surface area contributed by atoms with Gasteiger partial charge < -0.3 is 5.73 Å². The molecular formula is C14H24FN3. The molecule has 0 saturated carbocycles. The molecule has 2 unspecified atom stereocenters. The zero-order valence-electron chi connectivity index (χ0n) is 11.7. The van der Waals surface area contributed by atoms with Crippen molar-refractivity contribution < 1.29 is 4.39 Å². The number of halogens is 1. The Labute approximate surface area is 109 Å². The summed E-state index contributed by atoms with van der Waals surface area (Å²) in [7, 11) is 2.04. The van der Waals surface area contributed by atoms with Gasteiger partial charge >= 0.3 is 0 Å². The van der Waals surface area contributed by atoms with E-state index in [0.29, 0.717) is 5.92 Å². The van der Waals surface area contributed by atoms with E-state index in [4.69, 9.17) is 5.73 Å². The zero-order valence-corrected chi connectivity index (χ0v) is 11.7. The number of hydrogen-bond donors (Lipinski definition) is 1. The van der Waals surface area contributed by atoms with Gasteiger partial charge in [-0.1, -0.05) is 13.8 Å². The van der Waals surface area contributed by atoms with Crippen molar-refractivity contribution >= 4 is 0 Å². The maximum Gasteiger partial charge on any atom is 0.141 e. The number of nitrogens with zero attached hydrogens (tertiary/aromatic N) is 2. The number of nitrogens with two attached hydrogens (primary N) is 1. The van der Waals surface area contributed by atoms with Gasteiger partial charge in [0.2, 0.25) is 0 Å². The molecular weight excluding hydrogens is 229 g/mol. The van der Waals surface area contributed by atoms with E-state index in [0.717, 1.165) is 18.7 Å². The summed E-state index contributed by atoms with van der Waals surface area (Å²) >= 11 is 0. The third-order valence-electron chi connectivity index (χ3n) is 3.51. The zero-order chi connectivity index (χ0) is 13.7. The highest BCUT2D eigenvalue weighted by atomic mass is 19.1. The summed E-state index contributed by atoms with van der Waals surface area (Å²) in [4.78, 5) is 6.31. The van der Waals surface area contributed by atoms with Gasteiger partial charge in [0.15, 0.2) is 0 Å². The maximum absolute atomic E-state index is 12.8. The van der Waals surface area contributed by atoms with Crippen LogP contribution in [0.4, 0.5) is 4.39 Å². The lowest BCUT2D eigenvalue weighted by atomic mass is 10.0. The largest absolute Gasteiger partial charge is 0.327 e. The van der Waals surface area contributed by atoms with E-state index in [1.807, 2.05) is 7.05 Å². The van der Waals surface area contributed by atoms with Crippen LogP contribution in [0.1, 0.15) is 38.9 Å². The van der Waals surface area contributed by atoms with Gasteiger partial charge in [-0.3, -0.25) is 9.88 Å². The average molecular weight is 253 g/mol. The van der Waals surface area contributed by atoms with Crippen molar-refractivity contribution in [3.8, 4) is 0 Å². The Bertz CT molecular complexity index is 351. The quantitative estimate of drug-likeness (QED) is 0.847. The third-order valence-corrected chi connectivity index (χ3v) is 3.51. The first-order valence-electron chi connectivity index (χ1n) is 6.49. The summed E-state index contributed by atoms with van der Waals surface area (Å²) in [5.41, 5.74) is 6.92. The van der Waals surface area contributed by atoms with E-state index in [9.17, 15) is 4.39 Å². The highest BCUT2D eigenvalue weighted by Crippen LogP contribution is 2.17. The van der Waals surface area contributed by atoms with Crippen LogP contribution >= 0.6 is 0 Å². The molecule has 4 heteroatoms. The molecule has 3 nitrogen and oxygen atoms in total. The van der Waals surface area contributed by atoms with Crippen molar-refractivity contribution in [2.45, 2.75) is 39.3 Å². The van der Waals surface area contributed by atoms with Crippen LogP contribution in [0, 0.1) is 11.7 Å². The van der Waals surface area contributed by atoms with Gasteiger partial charge in [0.25, 0.3) is 0 Å². The molecule has 1 rings (SSSR count). The van der Waals surface area contributed by atoms with Gasteiger partial charge in [-0.25, -0.2) is 4.39 Å². The highest BCUT2D eigenvalue weighted by molar-refractivity contribution is 5.09. The van der Waals surface area contributed by atoms with Crippen LogP contribution in [-0.2, 0) is 0 Å². The number of hydrogen-bond acceptors (Lipinski definition) is 3. The molecule has 0 saturated heterocycles. The lowest BCUT2D eigenvalue weighted by Gasteiger charge is -2.26. The number of pyridine rings is 1. The monoisotopic (exact) mass is 253 g/mol. The Hall–Kier alpha value is -1.00. The second-order valence-corrected chi connectivity index (χ2v) is 5.25.